The van der Waals surface area contributed by atoms with Crippen LogP contribution in [0.15, 0.2) is 122 Å². The molecule has 0 unspecified atom stereocenters. The normalized spacial score (nSPS) is 13.8. The van der Waals surface area contributed by atoms with E-state index in [-0.39, 0.29) is 41.7 Å². The second-order valence-corrected chi connectivity index (χ2v) is 21.6. The molecule has 0 saturated carbocycles. The Morgan fingerprint density at radius 1 is 0.500 bits per heavy atom. The lowest BCUT2D eigenvalue weighted by atomic mass is 9.94. The maximum absolute atomic E-state index is 14.1. The molecule has 456 valence electrons. The molecule has 88 heavy (non-hydrogen) atoms. The lowest BCUT2D eigenvalue weighted by Gasteiger charge is -2.22. The summed E-state index contributed by atoms with van der Waals surface area (Å²) in [6.07, 6.45) is -12.1. The van der Waals surface area contributed by atoms with Crippen LogP contribution in [-0.2, 0) is 71.8 Å². The van der Waals surface area contributed by atoms with Crippen molar-refractivity contribution in [3.8, 4) is 0 Å². The molecule has 0 aliphatic carbocycles. The number of ketones is 3. The Bertz CT molecular complexity index is 4270. The molecule has 25 heteroatoms. The molecule has 3 aromatic heterocycles. The summed E-state index contributed by atoms with van der Waals surface area (Å²) in [7, 11) is 0. The molecule has 0 radical (unpaired) electrons. The number of aromatic nitrogens is 6. The van der Waals surface area contributed by atoms with Gasteiger partial charge in [-0.2, -0.15) is 54.1 Å². The van der Waals surface area contributed by atoms with Crippen molar-refractivity contribution in [1.82, 2.24) is 29.3 Å². The van der Waals surface area contributed by atoms with Crippen LogP contribution in [0.25, 0.3) is 47.2 Å². The van der Waals surface area contributed by atoms with Crippen LogP contribution in [0.5, 0.6) is 0 Å². The second kappa shape index (κ2) is 25.4. The van der Waals surface area contributed by atoms with Gasteiger partial charge in [-0.1, -0.05) is 90.5 Å². The third kappa shape index (κ3) is 15.3. The molecule has 0 aliphatic rings. The molecule has 0 saturated heterocycles. The van der Waals surface area contributed by atoms with Crippen LogP contribution >= 0.6 is 0 Å². The second-order valence-electron chi connectivity index (χ2n) is 21.6. The molecule has 6 aromatic carbocycles. The van der Waals surface area contributed by atoms with Gasteiger partial charge < -0.3 is 15.3 Å². The summed E-state index contributed by atoms with van der Waals surface area (Å²) >= 11 is 0. The number of hydrogen-bond acceptors (Lipinski definition) is 9. The van der Waals surface area contributed by atoms with E-state index in [4.69, 9.17) is 19.7 Å². The van der Waals surface area contributed by atoms with Crippen molar-refractivity contribution in [1.29, 1.82) is 0 Å². The molecule has 9 aromatic rings. The number of Topliss-reactive ketones (excluding diaryl/α,β-unsaturated/α-hetero) is 3. The molecular formula is C63H53F10N9O6. The van der Waals surface area contributed by atoms with Gasteiger partial charge >= 0.3 is 18.5 Å². The Labute approximate surface area is 496 Å². The Morgan fingerprint density at radius 3 is 1.34 bits per heavy atom. The average Bonchev–Trinajstić information content (AvgIpc) is 3.51. The standard InChI is InChI=1S/C21H17F4N3O2.2C21H18F3N3O2/c1-12-4-7-17-14(8-12)19(22)27-28(17)11-20(2,30)18(29)10-13-5-6-16(26-3)15(9-13)21(23,24)25;1-13-5-4-6-18-15(13)11-26-27(18)12-20(2,29)19(28)10-14-7-8-17(25-3)16(9-14)21(22,23)24;1-13-5-4-6-17-15(13)11-27(26-17)12-20(2,29)19(28)10-14-7-8-18(25-3)16(9-14)21(22,23)24/h4-9,30H,10-11H2,1-2H3;2*4-9,11,29H,10,12H2,1-2H3/t3*20-/m000/s1. The number of carbonyl (C=O) groups excluding carboxylic acids is 3. The molecule has 9 rings (SSSR count). The van der Waals surface area contributed by atoms with Crippen molar-refractivity contribution in [2.45, 2.75) is 116 Å². The van der Waals surface area contributed by atoms with Crippen LogP contribution in [0.3, 0.4) is 0 Å². The van der Waals surface area contributed by atoms with E-state index >= 15 is 0 Å². The molecule has 3 atom stereocenters. The molecule has 0 amide bonds. The van der Waals surface area contributed by atoms with Crippen molar-refractivity contribution in [2.24, 2.45) is 0 Å². The van der Waals surface area contributed by atoms with Crippen LogP contribution in [0.1, 0.15) is 70.8 Å². The number of nitrogens with zero attached hydrogens (tertiary/aromatic N) is 9. The zero-order valence-electron chi connectivity index (χ0n) is 47.7. The number of benzene rings is 6. The largest absolute Gasteiger partial charge is 0.407 e. The highest BCUT2D eigenvalue weighted by Crippen LogP contribution is 2.40. The van der Waals surface area contributed by atoms with Gasteiger partial charge in [-0.15, -0.1) is 5.10 Å². The first-order chi connectivity index (χ1) is 41.0. The van der Waals surface area contributed by atoms with Crippen LogP contribution < -0.4 is 0 Å². The topological polar surface area (TPSA) is 178 Å². The Morgan fingerprint density at radius 2 is 0.909 bits per heavy atom. The third-order valence-electron chi connectivity index (χ3n) is 14.3. The van der Waals surface area contributed by atoms with E-state index in [1.807, 2.05) is 50.2 Å². The summed E-state index contributed by atoms with van der Waals surface area (Å²) in [5, 5.41) is 46.3. The molecule has 0 bridgehead atoms. The van der Waals surface area contributed by atoms with E-state index in [0.29, 0.717) is 5.52 Å². The van der Waals surface area contributed by atoms with E-state index in [1.54, 1.807) is 37.5 Å². The SMILES string of the molecule is [C-]#[N+]c1ccc(CC(=O)[C@@](C)(O)Cn2cc3c(C)cccc3n2)cc1C(F)(F)F.[C-]#[N+]c1ccc(CC(=O)[C@@](C)(O)Cn2nc(F)c3cc(C)ccc32)cc1C(F)(F)F.[C-]#[N+]c1ccc(CC(=O)[C@@](C)(O)Cn2ncc3c(C)cccc32)cc1C(F)(F)F. The minimum Gasteiger partial charge on any atom is -0.380 e. The van der Waals surface area contributed by atoms with Crippen molar-refractivity contribution in [3.63, 3.8) is 0 Å². The Balaban J connectivity index is 0.000000188. The number of alkyl halides is 9. The van der Waals surface area contributed by atoms with Crippen LogP contribution in [0, 0.1) is 46.4 Å². The van der Waals surface area contributed by atoms with Crippen LogP contribution in [0.4, 0.5) is 61.0 Å². The summed E-state index contributed by atoms with van der Waals surface area (Å²) in [4.78, 5) is 46.5. The molecule has 3 N–H and O–H groups in total. The molecule has 3 heterocycles. The van der Waals surface area contributed by atoms with Crippen molar-refractivity contribution in [2.75, 3.05) is 0 Å². The zero-order chi connectivity index (χ0) is 65.1. The van der Waals surface area contributed by atoms with E-state index < -0.39 is 112 Å². The number of hydrogen-bond donors (Lipinski definition) is 3. The van der Waals surface area contributed by atoms with Crippen molar-refractivity contribution >= 4 is 67.1 Å². The summed E-state index contributed by atoms with van der Waals surface area (Å²) in [5.74, 6) is -2.79. The van der Waals surface area contributed by atoms with Gasteiger partial charge in [-0.3, -0.25) is 28.4 Å². The Kier molecular flexibility index (Phi) is 19.0. The number of rotatable bonds is 15. The first kappa shape index (κ1) is 65.9. The van der Waals surface area contributed by atoms with Gasteiger partial charge in [0.05, 0.1) is 84.2 Å². The summed E-state index contributed by atoms with van der Waals surface area (Å²) < 4.78 is 136. The lowest BCUT2D eigenvalue weighted by molar-refractivity contribution is -0.138. The monoisotopic (exact) mass is 1220 g/mol. The molecule has 15 nitrogen and oxygen atoms in total. The summed E-state index contributed by atoms with van der Waals surface area (Å²) in [5.41, 5.74) is -5.79. The molecule has 0 aliphatic heterocycles. The van der Waals surface area contributed by atoms with Crippen LogP contribution in [0.2, 0.25) is 0 Å². The maximum atomic E-state index is 14.1. The first-order valence-corrected chi connectivity index (χ1v) is 26.4. The van der Waals surface area contributed by atoms with E-state index in [1.165, 1.54) is 48.3 Å². The van der Waals surface area contributed by atoms with Gasteiger partial charge in [-0.05, 0) is 93.6 Å². The lowest BCUT2D eigenvalue weighted by Crippen LogP contribution is -2.41. The van der Waals surface area contributed by atoms with Gasteiger partial charge in [0, 0.05) is 36.2 Å². The van der Waals surface area contributed by atoms with Crippen LogP contribution in [-0.4, -0.2) is 78.8 Å². The average molecular weight is 1220 g/mol. The minimum absolute atomic E-state index is 0.00660. The van der Waals surface area contributed by atoms with Gasteiger partial charge in [0.2, 0.25) is 5.95 Å². The fourth-order valence-electron chi connectivity index (χ4n) is 9.41. The highest BCUT2D eigenvalue weighted by atomic mass is 19.4. The number of halogens is 10. The fourth-order valence-corrected chi connectivity index (χ4v) is 9.41. The Hall–Kier alpha value is -9.61. The van der Waals surface area contributed by atoms with Gasteiger partial charge in [0.1, 0.15) is 16.8 Å². The molecule has 0 fully saturated rings. The fraction of sp³-hybridized carbons (Fsp3) is 0.286. The summed E-state index contributed by atoms with van der Waals surface area (Å²) in [6.45, 7) is 29.4. The molecular weight excluding hydrogens is 1170 g/mol. The van der Waals surface area contributed by atoms with E-state index in [9.17, 15) is 73.6 Å². The van der Waals surface area contributed by atoms with Crippen molar-refractivity contribution < 1.29 is 73.6 Å². The third-order valence-corrected chi connectivity index (χ3v) is 14.3. The smallest absolute Gasteiger partial charge is 0.380 e. The highest BCUT2D eigenvalue weighted by Gasteiger charge is 2.39. The first-order valence-electron chi connectivity index (χ1n) is 26.4. The van der Waals surface area contributed by atoms with Crippen molar-refractivity contribution in [3.05, 3.63) is 212 Å². The van der Waals surface area contributed by atoms with E-state index in [2.05, 4.69) is 29.8 Å². The number of fused-ring (bicyclic) bond motifs is 3. The van der Waals surface area contributed by atoms with Gasteiger partial charge in [-0.25, -0.2) is 14.5 Å². The van der Waals surface area contributed by atoms with Gasteiger partial charge in [0.15, 0.2) is 34.4 Å². The predicted molar refractivity (Wildman–Crippen MR) is 304 cm³/mol. The number of aliphatic hydroxyl groups is 3. The van der Waals surface area contributed by atoms with E-state index in [0.717, 1.165) is 79.6 Å². The minimum atomic E-state index is -4.74. The van der Waals surface area contributed by atoms with Gasteiger partial charge in [0.25, 0.3) is 0 Å². The maximum Gasteiger partial charge on any atom is 0.407 e. The number of carbonyl (C=O) groups is 3. The highest BCUT2D eigenvalue weighted by molar-refractivity contribution is 5.91. The zero-order valence-corrected chi connectivity index (χ0v) is 47.7. The number of aryl methyl sites for hydroxylation is 3. The molecule has 0 spiro atoms. The quantitative estimate of drug-likeness (QED) is 0.0665. The summed E-state index contributed by atoms with van der Waals surface area (Å²) in [6, 6.07) is 25.3. The predicted octanol–water partition coefficient (Wildman–Crippen LogP) is 13.6.